The molecule has 7 heteroatoms. The van der Waals surface area contributed by atoms with Crippen LogP contribution in [0.4, 0.5) is 4.79 Å². The van der Waals surface area contributed by atoms with E-state index in [-0.39, 0.29) is 0 Å². The molecule has 0 bridgehead atoms. The van der Waals surface area contributed by atoms with Crippen LogP contribution in [0.15, 0.2) is 22.9 Å². The molecular weight excluding hydrogens is 338 g/mol. The molecule has 1 aromatic heterocycles. The minimum absolute atomic E-state index is 0.300. The Kier molecular flexibility index (Phi) is 5.17. The van der Waals surface area contributed by atoms with Gasteiger partial charge in [0, 0.05) is 23.4 Å². The Morgan fingerprint density at radius 2 is 2.00 bits per heavy atom. The van der Waals surface area contributed by atoms with Gasteiger partial charge in [-0.2, -0.15) is 0 Å². The van der Waals surface area contributed by atoms with Crippen LogP contribution >= 0.6 is 15.9 Å². The van der Waals surface area contributed by atoms with Crippen molar-refractivity contribution in [2.75, 3.05) is 0 Å². The fourth-order valence-electron chi connectivity index (χ4n) is 2.54. The number of pyridine rings is 1. The van der Waals surface area contributed by atoms with E-state index in [9.17, 15) is 14.7 Å². The number of carboxylic acid groups (broad SMARTS) is 1. The van der Waals surface area contributed by atoms with Crippen LogP contribution in [0.2, 0.25) is 0 Å². The van der Waals surface area contributed by atoms with E-state index < -0.39 is 17.5 Å². The monoisotopic (exact) mass is 355 g/mol. The van der Waals surface area contributed by atoms with Crippen molar-refractivity contribution in [1.82, 2.24) is 15.6 Å². The van der Waals surface area contributed by atoms with Crippen LogP contribution in [0.5, 0.6) is 0 Å². The highest BCUT2D eigenvalue weighted by Crippen LogP contribution is 2.28. The minimum atomic E-state index is -1.13. The lowest BCUT2D eigenvalue weighted by molar-refractivity contribution is -0.145. The highest BCUT2D eigenvalue weighted by atomic mass is 79.9. The van der Waals surface area contributed by atoms with Crippen LogP contribution < -0.4 is 10.6 Å². The van der Waals surface area contributed by atoms with Crippen molar-refractivity contribution >= 4 is 27.9 Å². The second-order valence-corrected chi connectivity index (χ2v) is 6.18. The van der Waals surface area contributed by atoms with Gasteiger partial charge < -0.3 is 15.7 Å². The molecule has 2 rings (SSSR count). The number of aliphatic carboxylic acids is 1. The van der Waals surface area contributed by atoms with Crippen molar-refractivity contribution in [2.45, 2.75) is 44.2 Å². The van der Waals surface area contributed by atoms with Crippen LogP contribution in [-0.2, 0) is 11.3 Å². The van der Waals surface area contributed by atoms with Crippen LogP contribution in [0.1, 0.15) is 37.7 Å². The zero-order valence-corrected chi connectivity index (χ0v) is 13.1. The van der Waals surface area contributed by atoms with E-state index in [1.54, 1.807) is 12.4 Å². The number of hydrogen-bond donors (Lipinski definition) is 3. The second-order valence-electron chi connectivity index (χ2n) is 5.27. The maximum Gasteiger partial charge on any atom is 0.329 e. The largest absolute Gasteiger partial charge is 0.480 e. The summed E-state index contributed by atoms with van der Waals surface area (Å²) in [6.45, 7) is 0.300. The molecule has 1 fully saturated rings. The fourth-order valence-corrected chi connectivity index (χ4v) is 2.96. The summed E-state index contributed by atoms with van der Waals surface area (Å²) >= 11 is 3.31. The van der Waals surface area contributed by atoms with E-state index >= 15 is 0 Å². The predicted molar refractivity (Wildman–Crippen MR) is 80.8 cm³/mol. The van der Waals surface area contributed by atoms with Gasteiger partial charge in [-0.1, -0.05) is 19.3 Å². The molecule has 0 aliphatic heterocycles. The zero-order chi connectivity index (χ0) is 15.3. The Morgan fingerprint density at radius 1 is 1.29 bits per heavy atom. The van der Waals surface area contributed by atoms with Crippen molar-refractivity contribution in [3.8, 4) is 0 Å². The number of aromatic nitrogens is 1. The van der Waals surface area contributed by atoms with Gasteiger partial charge in [-0.25, -0.2) is 9.59 Å². The number of rotatable bonds is 4. The van der Waals surface area contributed by atoms with Gasteiger partial charge in [0.2, 0.25) is 0 Å². The van der Waals surface area contributed by atoms with Crippen LogP contribution in [0, 0.1) is 0 Å². The molecular formula is C14H18BrN3O3. The molecule has 0 unspecified atom stereocenters. The number of amides is 2. The summed E-state index contributed by atoms with van der Waals surface area (Å²) < 4.78 is 0.830. The maximum atomic E-state index is 12.0. The first-order chi connectivity index (χ1) is 10.0. The van der Waals surface area contributed by atoms with Gasteiger partial charge in [-0.3, -0.25) is 4.98 Å². The number of nitrogens with zero attached hydrogens (tertiary/aromatic N) is 1. The van der Waals surface area contributed by atoms with Crippen LogP contribution in [0.25, 0.3) is 0 Å². The fraction of sp³-hybridized carbons (Fsp3) is 0.500. The second kappa shape index (κ2) is 6.89. The van der Waals surface area contributed by atoms with Gasteiger partial charge >= 0.3 is 12.0 Å². The highest BCUT2D eigenvalue weighted by Gasteiger charge is 2.40. The molecule has 0 spiro atoms. The quantitative estimate of drug-likeness (QED) is 0.773. The molecule has 1 saturated carbocycles. The maximum absolute atomic E-state index is 12.0. The summed E-state index contributed by atoms with van der Waals surface area (Å²) in [5.74, 6) is -0.957. The standard InChI is InChI=1S/C14H18BrN3O3/c15-11-6-10(7-16-9-11)8-17-13(21)18-14(12(19)20)4-2-1-3-5-14/h6-7,9H,1-5,8H2,(H,19,20)(H2,17,18,21). The smallest absolute Gasteiger partial charge is 0.329 e. The molecule has 1 aromatic rings. The summed E-state index contributed by atoms with van der Waals surface area (Å²) in [6.07, 6.45) is 6.93. The first kappa shape index (κ1) is 15.8. The predicted octanol–water partition coefficient (Wildman–Crippen LogP) is 2.43. The Morgan fingerprint density at radius 3 is 2.62 bits per heavy atom. The molecule has 1 aliphatic carbocycles. The summed E-state index contributed by atoms with van der Waals surface area (Å²) in [7, 11) is 0. The number of carbonyl (C=O) groups is 2. The average Bonchev–Trinajstić information content (AvgIpc) is 2.46. The zero-order valence-electron chi connectivity index (χ0n) is 11.6. The Labute approximate surface area is 131 Å². The summed E-state index contributed by atoms with van der Waals surface area (Å²) in [5.41, 5.74) is -0.287. The third-order valence-electron chi connectivity index (χ3n) is 3.68. The molecule has 114 valence electrons. The molecule has 6 nitrogen and oxygen atoms in total. The van der Waals surface area contributed by atoms with E-state index in [2.05, 4.69) is 31.5 Å². The summed E-state index contributed by atoms with van der Waals surface area (Å²) in [5, 5.41) is 14.7. The first-order valence-corrected chi connectivity index (χ1v) is 7.70. The molecule has 0 atom stereocenters. The molecule has 1 aliphatic rings. The lowest BCUT2D eigenvalue weighted by Crippen LogP contribution is -2.57. The molecule has 0 radical (unpaired) electrons. The van der Waals surface area contributed by atoms with Crippen molar-refractivity contribution in [2.24, 2.45) is 0 Å². The van der Waals surface area contributed by atoms with Gasteiger partial charge in [0.05, 0.1) is 0 Å². The number of halogens is 1. The van der Waals surface area contributed by atoms with Gasteiger partial charge in [-0.15, -0.1) is 0 Å². The van der Waals surface area contributed by atoms with Gasteiger partial charge in [0.25, 0.3) is 0 Å². The van der Waals surface area contributed by atoms with Crippen molar-refractivity contribution in [1.29, 1.82) is 0 Å². The van der Waals surface area contributed by atoms with E-state index in [4.69, 9.17) is 0 Å². The number of urea groups is 1. The van der Waals surface area contributed by atoms with Crippen molar-refractivity contribution in [3.63, 3.8) is 0 Å². The van der Waals surface area contributed by atoms with Gasteiger partial charge in [-0.05, 0) is 40.4 Å². The van der Waals surface area contributed by atoms with Crippen LogP contribution in [-0.4, -0.2) is 27.6 Å². The van der Waals surface area contributed by atoms with E-state index in [1.165, 1.54) is 0 Å². The SMILES string of the molecule is O=C(NCc1cncc(Br)c1)NC1(C(=O)O)CCCCC1. The minimum Gasteiger partial charge on any atom is -0.480 e. The molecule has 21 heavy (non-hydrogen) atoms. The Balaban J connectivity index is 1.92. The lowest BCUT2D eigenvalue weighted by atomic mass is 9.82. The third-order valence-corrected chi connectivity index (χ3v) is 4.12. The van der Waals surface area contributed by atoms with Crippen molar-refractivity contribution in [3.05, 3.63) is 28.5 Å². The molecule has 1 heterocycles. The van der Waals surface area contributed by atoms with E-state index in [0.717, 1.165) is 29.3 Å². The average molecular weight is 356 g/mol. The van der Waals surface area contributed by atoms with Crippen molar-refractivity contribution < 1.29 is 14.7 Å². The first-order valence-electron chi connectivity index (χ1n) is 6.91. The van der Waals surface area contributed by atoms with E-state index in [0.29, 0.717) is 19.4 Å². The Hall–Kier alpha value is -1.63. The molecule has 0 saturated heterocycles. The molecule has 0 aromatic carbocycles. The van der Waals surface area contributed by atoms with Gasteiger partial charge in [0.15, 0.2) is 0 Å². The normalized spacial score (nSPS) is 17.0. The molecule has 3 N–H and O–H groups in total. The lowest BCUT2D eigenvalue weighted by Gasteiger charge is -2.33. The number of carboxylic acids is 1. The number of hydrogen-bond acceptors (Lipinski definition) is 3. The topological polar surface area (TPSA) is 91.3 Å². The van der Waals surface area contributed by atoms with E-state index in [1.807, 2.05) is 6.07 Å². The summed E-state index contributed by atoms with van der Waals surface area (Å²) in [6, 6.07) is 1.39. The third kappa shape index (κ3) is 4.17. The molecule has 2 amide bonds. The number of nitrogens with one attached hydrogen (secondary N) is 2. The van der Waals surface area contributed by atoms with Crippen LogP contribution in [0.3, 0.4) is 0 Å². The van der Waals surface area contributed by atoms with Gasteiger partial charge in [0.1, 0.15) is 5.54 Å². The Bertz CT molecular complexity index is 530. The number of carbonyl (C=O) groups excluding carboxylic acids is 1. The highest BCUT2D eigenvalue weighted by molar-refractivity contribution is 9.10. The summed E-state index contributed by atoms with van der Waals surface area (Å²) in [4.78, 5) is 27.4.